The highest BCUT2D eigenvalue weighted by Crippen LogP contribution is 2.44. The van der Waals surface area contributed by atoms with E-state index in [0.717, 1.165) is 0 Å². The second kappa shape index (κ2) is 4.79. The zero-order chi connectivity index (χ0) is 14.3. The fourth-order valence-electron chi connectivity index (χ4n) is 3.13. The number of carbonyl (C=O) groups excluding carboxylic acids is 1. The Hall–Kier alpha value is -2.08. The summed E-state index contributed by atoms with van der Waals surface area (Å²) in [5.74, 6) is -2.77. The van der Waals surface area contributed by atoms with E-state index in [1.165, 1.54) is 12.1 Å². The van der Waals surface area contributed by atoms with Crippen LogP contribution < -0.4 is 5.32 Å². The normalized spacial score (nSPS) is 31.2. The van der Waals surface area contributed by atoms with E-state index in [0.29, 0.717) is 18.5 Å². The van der Waals surface area contributed by atoms with Gasteiger partial charge in [0.1, 0.15) is 5.75 Å². The second-order valence-corrected chi connectivity index (χ2v) is 5.22. The minimum Gasteiger partial charge on any atom is -0.508 e. The number of ether oxygens (including phenoxy) is 1. The number of fused-ring (bicyclic) bond motifs is 2. The first-order chi connectivity index (χ1) is 9.56. The number of nitrogens with one attached hydrogen (secondary N) is 1. The molecule has 106 valence electrons. The summed E-state index contributed by atoms with van der Waals surface area (Å²) in [5, 5.41) is 21.3. The molecule has 20 heavy (non-hydrogen) atoms. The number of rotatable bonds is 3. The number of anilines is 1. The van der Waals surface area contributed by atoms with Crippen LogP contribution in [-0.2, 0) is 14.3 Å². The average Bonchev–Trinajstić information content (AvgIpc) is 2.98. The maximum atomic E-state index is 12.3. The van der Waals surface area contributed by atoms with Gasteiger partial charge in [-0.05, 0) is 25.0 Å². The van der Waals surface area contributed by atoms with Crippen LogP contribution in [0, 0.1) is 11.8 Å². The predicted molar refractivity (Wildman–Crippen MR) is 69.2 cm³/mol. The number of hydrogen-bond donors (Lipinski definition) is 3. The van der Waals surface area contributed by atoms with Gasteiger partial charge in [0.15, 0.2) is 0 Å². The van der Waals surface area contributed by atoms with Gasteiger partial charge in [0, 0.05) is 11.8 Å². The number of aromatic hydroxyl groups is 1. The molecule has 2 saturated heterocycles. The highest BCUT2D eigenvalue weighted by Gasteiger charge is 2.55. The first kappa shape index (κ1) is 12.9. The van der Waals surface area contributed by atoms with Crippen molar-refractivity contribution in [3.63, 3.8) is 0 Å². The van der Waals surface area contributed by atoms with Crippen molar-refractivity contribution < 1.29 is 24.5 Å². The van der Waals surface area contributed by atoms with Crippen LogP contribution in [0.4, 0.5) is 5.69 Å². The molecule has 6 heteroatoms. The molecule has 0 spiro atoms. The van der Waals surface area contributed by atoms with Gasteiger partial charge >= 0.3 is 5.97 Å². The Kier molecular flexibility index (Phi) is 3.10. The Morgan fingerprint density at radius 1 is 1.20 bits per heavy atom. The molecule has 0 aliphatic carbocycles. The van der Waals surface area contributed by atoms with E-state index in [4.69, 9.17) is 4.74 Å². The minimum atomic E-state index is -0.992. The lowest BCUT2D eigenvalue weighted by molar-refractivity contribution is -0.147. The minimum absolute atomic E-state index is 0.0433. The Balaban J connectivity index is 1.78. The molecule has 4 atom stereocenters. The van der Waals surface area contributed by atoms with Crippen LogP contribution in [0.5, 0.6) is 5.75 Å². The molecule has 1 aromatic carbocycles. The molecule has 0 radical (unpaired) electrons. The number of phenols is 1. The van der Waals surface area contributed by atoms with Crippen molar-refractivity contribution in [1.29, 1.82) is 0 Å². The molecule has 2 aliphatic heterocycles. The number of carboxylic acids is 1. The van der Waals surface area contributed by atoms with Gasteiger partial charge in [0.05, 0.1) is 24.0 Å². The van der Waals surface area contributed by atoms with Crippen molar-refractivity contribution in [2.75, 3.05) is 5.32 Å². The SMILES string of the molecule is O=C(O)[C@@H]1[C@@H](C(=O)Nc2cccc(O)c2)[C@H]2CC[C@@H]1O2. The Morgan fingerprint density at radius 3 is 2.55 bits per heavy atom. The van der Waals surface area contributed by atoms with E-state index in [-0.39, 0.29) is 23.9 Å². The lowest BCUT2D eigenvalue weighted by Crippen LogP contribution is -2.40. The average molecular weight is 277 g/mol. The molecule has 6 nitrogen and oxygen atoms in total. The third-order valence-corrected chi connectivity index (χ3v) is 3.97. The molecule has 0 unspecified atom stereocenters. The topological polar surface area (TPSA) is 95.9 Å². The van der Waals surface area contributed by atoms with Crippen molar-refractivity contribution in [3.05, 3.63) is 24.3 Å². The van der Waals surface area contributed by atoms with E-state index in [9.17, 15) is 19.8 Å². The van der Waals surface area contributed by atoms with Crippen molar-refractivity contribution >= 4 is 17.6 Å². The van der Waals surface area contributed by atoms with E-state index >= 15 is 0 Å². The summed E-state index contributed by atoms with van der Waals surface area (Å²) in [6.45, 7) is 0. The third-order valence-electron chi connectivity index (χ3n) is 3.97. The molecule has 1 aromatic rings. The molecule has 2 fully saturated rings. The molecule has 0 saturated carbocycles. The van der Waals surface area contributed by atoms with Gasteiger partial charge in [-0.3, -0.25) is 9.59 Å². The molecule has 0 aromatic heterocycles. The molecular formula is C14H15NO5. The molecular weight excluding hydrogens is 262 g/mol. The highest BCUT2D eigenvalue weighted by molar-refractivity contribution is 5.96. The van der Waals surface area contributed by atoms with Crippen molar-refractivity contribution in [1.82, 2.24) is 0 Å². The van der Waals surface area contributed by atoms with Gasteiger partial charge in [-0.1, -0.05) is 6.07 Å². The summed E-state index contributed by atoms with van der Waals surface area (Å²) in [6.07, 6.45) is 0.722. The molecule has 3 N–H and O–H groups in total. The van der Waals surface area contributed by atoms with Crippen molar-refractivity contribution in [3.8, 4) is 5.75 Å². The van der Waals surface area contributed by atoms with Gasteiger partial charge in [0.25, 0.3) is 0 Å². The molecule has 2 aliphatic rings. The van der Waals surface area contributed by atoms with Gasteiger partial charge in [-0.15, -0.1) is 0 Å². The Labute approximate surface area is 115 Å². The van der Waals surface area contributed by atoms with Gasteiger partial charge in [-0.25, -0.2) is 0 Å². The van der Waals surface area contributed by atoms with Crippen LogP contribution in [0.3, 0.4) is 0 Å². The first-order valence-corrected chi connectivity index (χ1v) is 6.54. The van der Waals surface area contributed by atoms with E-state index in [1.807, 2.05) is 0 Å². The van der Waals surface area contributed by atoms with Crippen LogP contribution in [0.2, 0.25) is 0 Å². The fourth-order valence-corrected chi connectivity index (χ4v) is 3.13. The fraction of sp³-hybridized carbons (Fsp3) is 0.429. The van der Waals surface area contributed by atoms with Gasteiger partial charge in [0.2, 0.25) is 5.91 Å². The number of phenolic OH excluding ortho intramolecular Hbond substituents is 1. The first-order valence-electron chi connectivity index (χ1n) is 6.54. The summed E-state index contributed by atoms with van der Waals surface area (Å²) in [6, 6.07) is 6.16. The van der Waals surface area contributed by atoms with Crippen LogP contribution in [0.1, 0.15) is 12.8 Å². The number of aliphatic carboxylic acids is 1. The van der Waals surface area contributed by atoms with Gasteiger partial charge < -0.3 is 20.3 Å². The lowest BCUT2D eigenvalue weighted by atomic mass is 9.78. The highest BCUT2D eigenvalue weighted by atomic mass is 16.5. The summed E-state index contributed by atoms with van der Waals surface area (Å²) in [5.41, 5.74) is 0.446. The maximum Gasteiger partial charge on any atom is 0.310 e. The maximum absolute atomic E-state index is 12.3. The van der Waals surface area contributed by atoms with Crippen LogP contribution >= 0.6 is 0 Å². The van der Waals surface area contributed by atoms with Crippen molar-refractivity contribution in [2.24, 2.45) is 11.8 Å². The zero-order valence-electron chi connectivity index (χ0n) is 10.7. The Bertz CT molecular complexity index is 558. The lowest BCUT2D eigenvalue weighted by Gasteiger charge is -2.23. The number of benzene rings is 1. The van der Waals surface area contributed by atoms with Crippen LogP contribution in [0.25, 0.3) is 0 Å². The summed E-state index contributed by atoms with van der Waals surface area (Å²) >= 11 is 0. The smallest absolute Gasteiger partial charge is 0.310 e. The second-order valence-electron chi connectivity index (χ2n) is 5.22. The standard InChI is InChI=1S/C14H15NO5/c16-8-3-1-2-7(6-8)15-13(17)11-9-4-5-10(20-9)12(11)14(18)19/h1-3,6,9-12,16H,4-5H2,(H,15,17)(H,18,19)/t9-,10+,11+,12+/m1/s1. The number of carboxylic acid groups (broad SMARTS) is 1. The zero-order valence-corrected chi connectivity index (χ0v) is 10.7. The van der Waals surface area contributed by atoms with Gasteiger partial charge in [-0.2, -0.15) is 0 Å². The van der Waals surface area contributed by atoms with E-state index < -0.39 is 17.8 Å². The monoisotopic (exact) mass is 277 g/mol. The quantitative estimate of drug-likeness (QED) is 0.771. The van der Waals surface area contributed by atoms with Crippen LogP contribution in [0.15, 0.2) is 24.3 Å². The number of hydrogen-bond acceptors (Lipinski definition) is 4. The van der Waals surface area contributed by atoms with Crippen LogP contribution in [-0.4, -0.2) is 34.3 Å². The van der Waals surface area contributed by atoms with E-state index in [1.54, 1.807) is 12.1 Å². The van der Waals surface area contributed by atoms with E-state index in [2.05, 4.69) is 5.32 Å². The molecule has 2 bridgehead atoms. The molecule has 2 heterocycles. The van der Waals surface area contributed by atoms with Crippen molar-refractivity contribution in [2.45, 2.75) is 25.0 Å². The summed E-state index contributed by atoms with van der Waals surface area (Å²) < 4.78 is 5.55. The largest absolute Gasteiger partial charge is 0.508 e. The molecule has 1 amide bonds. The number of amides is 1. The molecule has 3 rings (SSSR count). The third kappa shape index (κ3) is 2.12. The summed E-state index contributed by atoms with van der Waals surface area (Å²) in [7, 11) is 0. The number of carbonyl (C=O) groups is 2. The Morgan fingerprint density at radius 2 is 1.90 bits per heavy atom. The predicted octanol–water partition coefficient (Wildman–Crippen LogP) is 1.21. The summed E-state index contributed by atoms with van der Waals surface area (Å²) in [4.78, 5) is 23.6.